The summed E-state index contributed by atoms with van der Waals surface area (Å²) in [5.41, 5.74) is -12.2. The van der Waals surface area contributed by atoms with Crippen LogP contribution >= 0.6 is 0 Å². The molecule has 2 aliphatic rings. The van der Waals surface area contributed by atoms with Crippen molar-refractivity contribution in [3.8, 4) is 0 Å². The molecule has 13 nitrogen and oxygen atoms in total. The Bertz CT molecular complexity index is 1510. The molecule has 0 saturated carbocycles. The predicted octanol–water partition coefficient (Wildman–Crippen LogP) is 2.41. The Morgan fingerprint density at radius 3 is 1.02 bits per heavy atom. The number of aliphatic hydroxyl groups excluding tert-OH is 6. The zero-order valence-corrected chi connectivity index (χ0v) is 26.7. The maximum atomic E-state index is 13.5. The van der Waals surface area contributed by atoms with Gasteiger partial charge in [0.15, 0.2) is 12.6 Å². The lowest BCUT2D eigenvalue weighted by molar-refractivity contribution is -0.376. The summed E-state index contributed by atoms with van der Waals surface area (Å²) >= 11 is 0. The van der Waals surface area contributed by atoms with Gasteiger partial charge in [0, 0.05) is 0 Å². The van der Waals surface area contributed by atoms with Crippen LogP contribution in [-0.4, -0.2) is 117 Å². The van der Waals surface area contributed by atoms with E-state index in [0.29, 0.717) is 12.1 Å². The lowest BCUT2D eigenvalue weighted by Crippen LogP contribution is -2.64. The Morgan fingerprint density at radius 1 is 0.491 bits per heavy atom. The van der Waals surface area contributed by atoms with Crippen LogP contribution in [0.4, 0.5) is 52.7 Å². The van der Waals surface area contributed by atoms with E-state index in [9.17, 15) is 92.9 Å². The van der Waals surface area contributed by atoms with Gasteiger partial charge in [-0.1, -0.05) is 12.1 Å². The largest absolute Gasteiger partial charge is 0.459 e. The summed E-state index contributed by atoms with van der Waals surface area (Å²) in [5.74, 6) is -4.48. The number of benzene rings is 2. The third kappa shape index (κ3) is 9.60. The molecule has 2 aromatic carbocycles. The molecule has 2 fully saturated rings. The monoisotopic (exact) mass is 822 g/mol. The lowest BCUT2D eigenvalue weighted by atomic mass is 9.97. The van der Waals surface area contributed by atoms with E-state index in [1.165, 1.54) is 0 Å². The van der Waals surface area contributed by atoms with Crippen molar-refractivity contribution in [3.63, 3.8) is 0 Å². The highest BCUT2D eigenvalue weighted by Crippen LogP contribution is 2.41. The van der Waals surface area contributed by atoms with Gasteiger partial charge in [0.05, 0.1) is 33.4 Å². The molecular weight excluding hydrogens is 796 g/mol. The third-order valence-electron chi connectivity index (χ3n) is 8.12. The highest BCUT2D eigenvalue weighted by Gasteiger charge is 2.51. The Hall–Kier alpha value is -3.82. The van der Waals surface area contributed by atoms with Crippen molar-refractivity contribution >= 4 is 11.9 Å². The van der Waals surface area contributed by atoms with Gasteiger partial charge in [-0.15, -0.1) is 0 Å². The summed E-state index contributed by atoms with van der Waals surface area (Å²) in [6.45, 7) is -2.89. The zero-order valence-electron chi connectivity index (χ0n) is 26.7. The van der Waals surface area contributed by atoms with E-state index in [1.54, 1.807) is 0 Å². The van der Waals surface area contributed by atoms with Crippen molar-refractivity contribution in [2.75, 3.05) is 13.2 Å². The number of halogens is 12. The molecular formula is C30H26F12O13. The number of ether oxygens (including phenoxy) is 5. The number of hydrogen-bond donors (Lipinski definition) is 6. The van der Waals surface area contributed by atoms with Crippen molar-refractivity contribution < 1.29 is 117 Å². The maximum absolute atomic E-state index is 13.5. The number of esters is 2. The number of alkyl halides is 12. The van der Waals surface area contributed by atoms with Crippen LogP contribution < -0.4 is 0 Å². The number of carbonyl (C=O) groups is 2. The quantitative estimate of drug-likeness (QED) is 0.168. The van der Waals surface area contributed by atoms with Gasteiger partial charge in [-0.25, -0.2) is 9.59 Å². The minimum Gasteiger partial charge on any atom is -0.459 e. The van der Waals surface area contributed by atoms with Crippen LogP contribution in [-0.2, 0) is 48.4 Å². The first-order valence-corrected chi connectivity index (χ1v) is 15.1. The van der Waals surface area contributed by atoms with Gasteiger partial charge in [0.25, 0.3) is 0 Å². The second-order valence-electron chi connectivity index (χ2n) is 11.8. The number of carbonyl (C=O) groups excluding carboxylic acids is 2. The summed E-state index contributed by atoms with van der Waals surface area (Å²) in [4.78, 5) is 25.2. The smallest absolute Gasteiger partial charge is 0.417 e. The van der Waals surface area contributed by atoms with Crippen LogP contribution in [0.2, 0.25) is 0 Å². The molecule has 0 unspecified atom stereocenters. The molecule has 0 aromatic heterocycles. The van der Waals surface area contributed by atoms with Crippen molar-refractivity contribution in [2.45, 2.75) is 86.1 Å². The molecule has 0 aliphatic carbocycles. The molecule has 2 heterocycles. The van der Waals surface area contributed by atoms with Crippen molar-refractivity contribution in [3.05, 3.63) is 69.8 Å². The molecule has 55 heavy (non-hydrogen) atoms. The van der Waals surface area contributed by atoms with Gasteiger partial charge in [-0.2, -0.15) is 52.7 Å². The fourth-order valence-electron chi connectivity index (χ4n) is 5.41. The van der Waals surface area contributed by atoms with Crippen molar-refractivity contribution in [1.29, 1.82) is 0 Å². The fraction of sp³-hybridized carbons (Fsp3) is 0.533. The summed E-state index contributed by atoms with van der Waals surface area (Å²) in [5, 5.41) is 62.1. The normalized spacial score (nSPS) is 29.5. The molecule has 0 bridgehead atoms. The van der Waals surface area contributed by atoms with Gasteiger partial charge in [0.2, 0.25) is 0 Å². The molecule has 308 valence electrons. The van der Waals surface area contributed by atoms with Gasteiger partial charge < -0.3 is 54.3 Å². The standard InChI is InChI=1S/C30H26F12O13/c31-27(32,33)9-3-1-4-10(28(34,35)36)15(9)23(49)51-7-13-17(43)19(45)21(47)25(53-13)55-26-22(48)20(46)18(44)14(54-26)8-52-24(50)16-11(29(37,38)39)5-2-6-12(16)30(40,41)42/h1-6,13-14,17-22,25-26,43-48H,7-8H2/t13-,14-,17-,18-,19+,20+,21-,22-,25-,26-/m1/s1. The van der Waals surface area contributed by atoms with Crippen molar-refractivity contribution in [1.82, 2.24) is 0 Å². The summed E-state index contributed by atoms with van der Waals surface area (Å²) in [6, 6.07) is 1.27. The second-order valence-corrected chi connectivity index (χ2v) is 11.8. The minimum absolute atomic E-state index is 0.137. The third-order valence-corrected chi connectivity index (χ3v) is 8.12. The summed E-state index contributed by atoms with van der Waals surface area (Å²) in [6.07, 6.45) is -45.3. The number of hydrogen-bond acceptors (Lipinski definition) is 13. The van der Waals surface area contributed by atoms with Crippen LogP contribution in [0.15, 0.2) is 36.4 Å². The van der Waals surface area contributed by atoms with E-state index in [-0.39, 0.29) is 24.3 Å². The average Bonchev–Trinajstić information content (AvgIpc) is 3.08. The van der Waals surface area contributed by atoms with Crippen LogP contribution in [0.25, 0.3) is 0 Å². The van der Waals surface area contributed by atoms with E-state index in [0.717, 1.165) is 0 Å². The molecule has 2 aromatic rings. The summed E-state index contributed by atoms with van der Waals surface area (Å²) in [7, 11) is 0. The summed E-state index contributed by atoms with van der Waals surface area (Å²) < 4.78 is 187. The van der Waals surface area contributed by atoms with Gasteiger partial charge in [-0.05, 0) is 24.3 Å². The van der Waals surface area contributed by atoms with Gasteiger partial charge in [-0.3, -0.25) is 0 Å². The van der Waals surface area contributed by atoms with E-state index in [2.05, 4.69) is 9.47 Å². The molecule has 10 atom stereocenters. The average molecular weight is 823 g/mol. The fourth-order valence-corrected chi connectivity index (χ4v) is 5.41. The molecule has 0 spiro atoms. The first kappa shape index (κ1) is 43.9. The van der Waals surface area contributed by atoms with Gasteiger partial charge >= 0.3 is 36.6 Å². The molecule has 2 saturated heterocycles. The van der Waals surface area contributed by atoms with E-state index >= 15 is 0 Å². The van der Waals surface area contributed by atoms with Crippen LogP contribution in [0.1, 0.15) is 43.0 Å². The van der Waals surface area contributed by atoms with Crippen LogP contribution in [0.5, 0.6) is 0 Å². The minimum atomic E-state index is -5.51. The SMILES string of the molecule is O=C(OC[C@H]1O[C@H](O[C@H]2O[C@H](COC(=O)c3c(C(F)(F)F)cccc3C(F)(F)F)[C@@H](O)[C@H](O)[C@H]2O)[C@H](O)[C@@H](O)[C@@H]1O)c1c(C(F)(F)F)cccc1C(F)(F)F. The molecule has 0 radical (unpaired) electrons. The molecule has 2 aliphatic heterocycles. The number of rotatable bonds is 8. The molecule has 0 amide bonds. The Kier molecular flexibility index (Phi) is 12.7. The van der Waals surface area contributed by atoms with E-state index < -0.39 is 145 Å². The highest BCUT2D eigenvalue weighted by molar-refractivity contribution is 5.94. The van der Waals surface area contributed by atoms with E-state index in [1.807, 2.05) is 0 Å². The second kappa shape index (κ2) is 16.0. The topological polar surface area (TPSA) is 202 Å². The Balaban J connectivity index is 1.51. The first-order valence-electron chi connectivity index (χ1n) is 15.1. The lowest BCUT2D eigenvalue weighted by Gasteiger charge is -2.44. The van der Waals surface area contributed by atoms with Crippen LogP contribution in [0, 0.1) is 0 Å². The zero-order chi connectivity index (χ0) is 41.6. The maximum Gasteiger partial charge on any atom is 0.417 e. The highest BCUT2D eigenvalue weighted by atomic mass is 19.4. The first-order chi connectivity index (χ1) is 25.2. The number of aliphatic hydroxyl groups is 6. The predicted molar refractivity (Wildman–Crippen MR) is 148 cm³/mol. The molecule has 6 N–H and O–H groups in total. The Labute approximate surface area is 298 Å². The van der Waals surface area contributed by atoms with Gasteiger partial charge in [0.1, 0.15) is 62.0 Å². The molecule has 4 rings (SSSR count). The van der Waals surface area contributed by atoms with Crippen LogP contribution in [0.3, 0.4) is 0 Å². The van der Waals surface area contributed by atoms with E-state index in [4.69, 9.17) is 14.2 Å². The van der Waals surface area contributed by atoms with Crippen molar-refractivity contribution in [2.24, 2.45) is 0 Å². The Morgan fingerprint density at radius 2 is 0.764 bits per heavy atom. The molecule has 25 heteroatoms.